The molecule has 0 heterocycles. The maximum Gasteiger partial charge on any atom is 0.240 e. The van der Waals surface area contributed by atoms with Crippen molar-refractivity contribution in [3.8, 4) is 6.07 Å². The van der Waals surface area contributed by atoms with Gasteiger partial charge in [-0.25, -0.2) is 0 Å². The Morgan fingerprint density at radius 1 is 1.44 bits per heavy atom. The fourth-order valence-electron chi connectivity index (χ4n) is 1.37. The Labute approximate surface area is 98.6 Å². The summed E-state index contributed by atoms with van der Waals surface area (Å²) in [6.45, 7) is 6.37. The quantitative estimate of drug-likeness (QED) is 0.743. The minimum absolute atomic E-state index is 0.145. The number of nitrogens with zero attached hydrogens (tertiary/aromatic N) is 2. The van der Waals surface area contributed by atoms with E-state index in [0.717, 1.165) is 0 Å². The van der Waals surface area contributed by atoms with E-state index in [9.17, 15) is 4.79 Å². The zero-order valence-electron chi connectivity index (χ0n) is 11.0. The molecule has 0 saturated carbocycles. The van der Waals surface area contributed by atoms with E-state index in [1.165, 1.54) is 0 Å². The summed E-state index contributed by atoms with van der Waals surface area (Å²) in [5.41, 5.74) is -0.855. The Morgan fingerprint density at radius 2 is 1.94 bits per heavy atom. The summed E-state index contributed by atoms with van der Waals surface area (Å²) in [4.78, 5) is 14.0. The van der Waals surface area contributed by atoms with Crippen LogP contribution in [0.1, 0.15) is 33.6 Å². The van der Waals surface area contributed by atoms with Crippen LogP contribution in [0.5, 0.6) is 0 Å². The molecule has 0 aromatic rings. The average molecular weight is 225 g/mol. The third-order valence-corrected chi connectivity index (χ3v) is 3.30. The molecule has 0 spiro atoms. The fourth-order valence-corrected chi connectivity index (χ4v) is 1.37. The second-order valence-corrected chi connectivity index (χ2v) is 4.42. The Morgan fingerprint density at radius 3 is 2.25 bits per heavy atom. The zero-order valence-corrected chi connectivity index (χ0v) is 11.0. The topological polar surface area (TPSA) is 56.1 Å². The summed E-state index contributed by atoms with van der Waals surface area (Å²) in [5.74, 6) is -0.145. The summed E-state index contributed by atoms with van der Waals surface area (Å²) in [7, 11) is 3.93. The molecule has 0 saturated heterocycles. The molecule has 0 fully saturated rings. The number of hydrogen-bond donors (Lipinski definition) is 1. The standard InChI is InChI=1S/C12H23N3O/c1-6-12(7-2,9-13)11(16)14-8-10(3)15(4)5/h10H,6-8H2,1-5H3,(H,14,16). The first kappa shape index (κ1) is 14.9. The first-order valence-electron chi connectivity index (χ1n) is 5.79. The molecule has 0 aromatic heterocycles. The first-order valence-corrected chi connectivity index (χ1v) is 5.79. The average Bonchev–Trinajstić information content (AvgIpc) is 2.28. The third-order valence-electron chi connectivity index (χ3n) is 3.30. The lowest BCUT2D eigenvalue weighted by Crippen LogP contribution is -2.44. The van der Waals surface area contributed by atoms with E-state index in [2.05, 4.69) is 11.4 Å². The maximum atomic E-state index is 11.9. The zero-order chi connectivity index (χ0) is 12.8. The van der Waals surface area contributed by atoms with Gasteiger partial charge in [-0.1, -0.05) is 13.8 Å². The predicted molar refractivity (Wildman–Crippen MR) is 64.8 cm³/mol. The van der Waals surface area contributed by atoms with Crippen LogP contribution in [0, 0.1) is 16.7 Å². The highest BCUT2D eigenvalue weighted by Crippen LogP contribution is 2.25. The summed E-state index contributed by atoms with van der Waals surface area (Å²) < 4.78 is 0. The Balaban J connectivity index is 4.40. The van der Waals surface area contributed by atoms with E-state index in [-0.39, 0.29) is 11.9 Å². The van der Waals surface area contributed by atoms with Crippen LogP contribution in [0.2, 0.25) is 0 Å². The van der Waals surface area contributed by atoms with Crippen molar-refractivity contribution in [1.82, 2.24) is 10.2 Å². The van der Waals surface area contributed by atoms with E-state index in [1.54, 1.807) is 0 Å². The molecule has 1 unspecified atom stereocenters. The van der Waals surface area contributed by atoms with E-state index >= 15 is 0 Å². The van der Waals surface area contributed by atoms with Crippen LogP contribution in [0.4, 0.5) is 0 Å². The summed E-state index contributed by atoms with van der Waals surface area (Å²) in [6.07, 6.45) is 1.12. The molecule has 1 N–H and O–H groups in total. The molecule has 0 rings (SSSR count). The third kappa shape index (κ3) is 3.49. The van der Waals surface area contributed by atoms with E-state index in [0.29, 0.717) is 19.4 Å². The van der Waals surface area contributed by atoms with Crippen LogP contribution in [-0.4, -0.2) is 37.5 Å². The van der Waals surface area contributed by atoms with Crippen molar-refractivity contribution in [3.05, 3.63) is 0 Å². The molecular formula is C12H23N3O. The highest BCUT2D eigenvalue weighted by molar-refractivity contribution is 5.85. The lowest BCUT2D eigenvalue weighted by Gasteiger charge is -2.25. The van der Waals surface area contributed by atoms with Crippen LogP contribution in [-0.2, 0) is 4.79 Å². The number of nitrogens with one attached hydrogen (secondary N) is 1. The first-order chi connectivity index (χ1) is 7.43. The van der Waals surface area contributed by atoms with Crippen LogP contribution < -0.4 is 5.32 Å². The van der Waals surface area contributed by atoms with Crippen LogP contribution in [0.3, 0.4) is 0 Å². The number of carbonyl (C=O) groups excluding carboxylic acids is 1. The molecule has 92 valence electrons. The van der Waals surface area contributed by atoms with Crippen molar-refractivity contribution in [2.24, 2.45) is 5.41 Å². The monoisotopic (exact) mass is 225 g/mol. The van der Waals surface area contributed by atoms with Gasteiger partial charge in [0.15, 0.2) is 0 Å². The maximum absolute atomic E-state index is 11.9. The molecule has 4 heteroatoms. The molecule has 0 bridgehead atoms. The van der Waals surface area contributed by atoms with Crippen LogP contribution in [0.25, 0.3) is 0 Å². The Hall–Kier alpha value is -1.08. The summed E-state index contributed by atoms with van der Waals surface area (Å²) >= 11 is 0. The van der Waals surface area contributed by atoms with Gasteiger partial charge in [0.1, 0.15) is 5.41 Å². The number of likely N-dealkylation sites (N-methyl/N-ethyl adjacent to an activating group) is 1. The largest absolute Gasteiger partial charge is 0.353 e. The minimum Gasteiger partial charge on any atom is -0.353 e. The highest BCUT2D eigenvalue weighted by atomic mass is 16.2. The number of hydrogen-bond acceptors (Lipinski definition) is 3. The smallest absolute Gasteiger partial charge is 0.240 e. The summed E-state index contributed by atoms with van der Waals surface area (Å²) in [6, 6.07) is 2.41. The molecule has 0 aromatic carbocycles. The lowest BCUT2D eigenvalue weighted by atomic mass is 9.83. The molecule has 1 amide bonds. The predicted octanol–water partition coefficient (Wildman–Crippen LogP) is 1.38. The van der Waals surface area contributed by atoms with Crippen LogP contribution in [0.15, 0.2) is 0 Å². The van der Waals surface area contributed by atoms with Crippen molar-refractivity contribution in [1.29, 1.82) is 5.26 Å². The van der Waals surface area contributed by atoms with Gasteiger partial charge in [-0.3, -0.25) is 4.79 Å². The van der Waals surface area contributed by atoms with Crippen LogP contribution >= 0.6 is 0 Å². The lowest BCUT2D eigenvalue weighted by molar-refractivity contribution is -0.128. The van der Waals surface area contributed by atoms with Gasteiger partial charge in [-0.05, 0) is 33.9 Å². The Bertz CT molecular complexity index is 264. The highest BCUT2D eigenvalue weighted by Gasteiger charge is 2.34. The van der Waals surface area contributed by atoms with E-state index in [1.807, 2.05) is 39.8 Å². The van der Waals surface area contributed by atoms with E-state index in [4.69, 9.17) is 5.26 Å². The molecule has 4 nitrogen and oxygen atoms in total. The van der Waals surface area contributed by atoms with Crippen molar-refractivity contribution < 1.29 is 4.79 Å². The van der Waals surface area contributed by atoms with Gasteiger partial charge in [-0.15, -0.1) is 0 Å². The molecule has 0 radical (unpaired) electrons. The van der Waals surface area contributed by atoms with Gasteiger partial charge in [0.05, 0.1) is 6.07 Å². The second-order valence-electron chi connectivity index (χ2n) is 4.42. The van der Waals surface area contributed by atoms with Gasteiger partial charge in [0.2, 0.25) is 5.91 Å². The molecule has 16 heavy (non-hydrogen) atoms. The molecule has 0 aliphatic carbocycles. The Kier molecular flexibility index (Phi) is 6.05. The molecule has 1 atom stereocenters. The number of rotatable bonds is 6. The molecule has 0 aliphatic rings. The minimum atomic E-state index is -0.855. The normalized spacial score (nSPS) is 13.3. The van der Waals surface area contributed by atoms with Crippen molar-refractivity contribution in [2.45, 2.75) is 39.7 Å². The second kappa shape index (κ2) is 6.49. The summed E-state index contributed by atoms with van der Waals surface area (Å²) in [5, 5.41) is 12.0. The van der Waals surface area contributed by atoms with Crippen molar-refractivity contribution in [2.75, 3.05) is 20.6 Å². The van der Waals surface area contributed by atoms with E-state index < -0.39 is 5.41 Å². The fraction of sp³-hybridized carbons (Fsp3) is 0.833. The van der Waals surface area contributed by atoms with Gasteiger partial charge < -0.3 is 10.2 Å². The molecular weight excluding hydrogens is 202 g/mol. The van der Waals surface area contributed by atoms with Gasteiger partial charge in [0, 0.05) is 12.6 Å². The van der Waals surface area contributed by atoms with Crippen molar-refractivity contribution >= 4 is 5.91 Å². The van der Waals surface area contributed by atoms with Gasteiger partial charge >= 0.3 is 0 Å². The van der Waals surface area contributed by atoms with Gasteiger partial charge in [0.25, 0.3) is 0 Å². The van der Waals surface area contributed by atoms with Crippen molar-refractivity contribution in [3.63, 3.8) is 0 Å². The number of nitriles is 1. The van der Waals surface area contributed by atoms with Gasteiger partial charge in [-0.2, -0.15) is 5.26 Å². The molecule has 0 aliphatic heterocycles. The number of amides is 1. The SMILES string of the molecule is CCC(C#N)(CC)C(=O)NCC(C)N(C)C. The number of carbonyl (C=O) groups is 1.